The number of sulfonamides is 1. The number of hydrogen-bond acceptors (Lipinski definition) is 4. The summed E-state index contributed by atoms with van der Waals surface area (Å²) in [6.07, 6.45) is 2.28. The summed E-state index contributed by atoms with van der Waals surface area (Å²) in [5, 5.41) is 5.01. The molecule has 1 aliphatic heterocycles. The topological polar surface area (TPSA) is 110 Å². The third-order valence-electron chi connectivity index (χ3n) is 3.35. The predicted octanol–water partition coefficient (Wildman–Crippen LogP) is -0.193. The highest BCUT2D eigenvalue weighted by molar-refractivity contribution is 7.89. The van der Waals surface area contributed by atoms with Gasteiger partial charge in [0.25, 0.3) is 10.2 Å². The molecule has 118 valence electrons. The van der Waals surface area contributed by atoms with Crippen LogP contribution in [-0.4, -0.2) is 40.8 Å². The van der Waals surface area contributed by atoms with E-state index >= 15 is 0 Å². The second-order valence-electron chi connectivity index (χ2n) is 4.94. The highest BCUT2D eigenvalue weighted by atomic mass is 32.2. The monoisotopic (exact) mass is 333 g/mol. The highest BCUT2D eigenvalue weighted by Crippen LogP contribution is 2.12. The third-order valence-corrected chi connectivity index (χ3v) is 5.90. The molecule has 1 heterocycles. The molecule has 0 aliphatic carbocycles. The van der Waals surface area contributed by atoms with E-state index < -0.39 is 20.2 Å². The van der Waals surface area contributed by atoms with Gasteiger partial charge in [-0.2, -0.15) is 12.7 Å². The number of benzene rings is 1. The fraction of sp³-hybridized carbons (Fsp3) is 0.500. The lowest BCUT2D eigenvalue weighted by Gasteiger charge is -2.16. The second kappa shape index (κ2) is 6.41. The Hall–Kier alpha value is -1.00. The molecule has 1 aromatic carbocycles. The van der Waals surface area contributed by atoms with Crippen LogP contribution in [0.2, 0.25) is 0 Å². The lowest BCUT2D eigenvalue weighted by molar-refractivity contribution is 0.465. The molecule has 0 unspecified atom stereocenters. The molecule has 0 amide bonds. The lowest BCUT2D eigenvalue weighted by atomic mass is 10.2. The van der Waals surface area contributed by atoms with Gasteiger partial charge in [-0.25, -0.2) is 18.3 Å². The van der Waals surface area contributed by atoms with E-state index in [1.54, 1.807) is 12.1 Å². The summed E-state index contributed by atoms with van der Waals surface area (Å²) < 4.78 is 50.1. The van der Waals surface area contributed by atoms with Crippen LogP contribution in [0.15, 0.2) is 29.2 Å². The molecular formula is C12H19N3O4S2. The molecule has 2 rings (SSSR count). The van der Waals surface area contributed by atoms with Crippen LogP contribution in [-0.2, 0) is 26.7 Å². The Morgan fingerprint density at radius 1 is 1.05 bits per heavy atom. The highest BCUT2D eigenvalue weighted by Gasteiger charge is 2.24. The van der Waals surface area contributed by atoms with Gasteiger partial charge in [0.2, 0.25) is 10.0 Å². The largest absolute Gasteiger partial charge is 0.279 e. The number of primary sulfonamides is 1. The molecule has 3 N–H and O–H groups in total. The molecule has 1 fully saturated rings. The molecular weight excluding hydrogens is 314 g/mol. The van der Waals surface area contributed by atoms with E-state index in [9.17, 15) is 16.8 Å². The maximum Gasteiger partial charge on any atom is 0.279 e. The van der Waals surface area contributed by atoms with Crippen molar-refractivity contribution < 1.29 is 16.8 Å². The number of hydrogen-bond donors (Lipinski definition) is 2. The van der Waals surface area contributed by atoms with Crippen molar-refractivity contribution in [3.05, 3.63) is 29.8 Å². The molecule has 1 aliphatic rings. The van der Waals surface area contributed by atoms with E-state index in [0.29, 0.717) is 19.5 Å². The summed E-state index contributed by atoms with van der Waals surface area (Å²) in [5.41, 5.74) is 0.839. The predicted molar refractivity (Wildman–Crippen MR) is 79.2 cm³/mol. The summed E-state index contributed by atoms with van der Waals surface area (Å²) in [6.45, 7) is 1.41. The molecule has 0 spiro atoms. The normalized spacial score (nSPS) is 17.2. The van der Waals surface area contributed by atoms with Crippen LogP contribution in [0.5, 0.6) is 0 Å². The van der Waals surface area contributed by atoms with Crippen molar-refractivity contribution in [2.75, 3.05) is 19.6 Å². The zero-order chi connectivity index (χ0) is 15.5. The first-order valence-electron chi connectivity index (χ1n) is 6.65. The van der Waals surface area contributed by atoms with E-state index in [-0.39, 0.29) is 11.4 Å². The van der Waals surface area contributed by atoms with Gasteiger partial charge < -0.3 is 0 Å². The van der Waals surface area contributed by atoms with Gasteiger partial charge >= 0.3 is 0 Å². The number of nitrogens with zero attached hydrogens (tertiary/aromatic N) is 1. The Kier molecular flexibility index (Phi) is 4.99. The summed E-state index contributed by atoms with van der Waals surface area (Å²) in [6, 6.07) is 6.09. The smallest absolute Gasteiger partial charge is 0.225 e. The summed E-state index contributed by atoms with van der Waals surface area (Å²) >= 11 is 0. The molecule has 0 saturated carbocycles. The molecule has 1 saturated heterocycles. The van der Waals surface area contributed by atoms with Crippen LogP contribution in [0.4, 0.5) is 0 Å². The first-order chi connectivity index (χ1) is 9.79. The van der Waals surface area contributed by atoms with Crippen molar-refractivity contribution in [3.8, 4) is 0 Å². The van der Waals surface area contributed by atoms with Crippen molar-refractivity contribution in [2.45, 2.75) is 24.2 Å². The average molecular weight is 333 g/mol. The summed E-state index contributed by atoms with van der Waals surface area (Å²) in [5.74, 6) is 0. The van der Waals surface area contributed by atoms with E-state index in [4.69, 9.17) is 5.14 Å². The standard InChI is InChI=1S/C12H19N3O4S2/c13-20(16,17)12-5-3-11(4-6-12)7-8-14-21(18,19)15-9-1-2-10-15/h3-6,14H,1-2,7-10H2,(H2,13,16,17). The van der Waals surface area contributed by atoms with Gasteiger partial charge in [-0.3, -0.25) is 0 Å². The van der Waals surface area contributed by atoms with E-state index in [2.05, 4.69) is 4.72 Å². The molecule has 0 aromatic heterocycles. The summed E-state index contributed by atoms with van der Waals surface area (Å²) in [7, 11) is -7.09. The van der Waals surface area contributed by atoms with Crippen molar-refractivity contribution >= 4 is 20.2 Å². The molecule has 0 radical (unpaired) electrons. The van der Waals surface area contributed by atoms with E-state index in [1.165, 1.54) is 16.4 Å². The van der Waals surface area contributed by atoms with Gasteiger partial charge in [0.1, 0.15) is 0 Å². The SMILES string of the molecule is NS(=O)(=O)c1ccc(CCNS(=O)(=O)N2CCCC2)cc1. The Balaban J connectivity index is 1.89. The third kappa shape index (κ3) is 4.48. The van der Waals surface area contributed by atoms with Crippen LogP contribution >= 0.6 is 0 Å². The van der Waals surface area contributed by atoms with E-state index in [0.717, 1.165) is 18.4 Å². The molecule has 21 heavy (non-hydrogen) atoms. The molecule has 1 aromatic rings. The van der Waals surface area contributed by atoms with Crippen molar-refractivity contribution in [3.63, 3.8) is 0 Å². The van der Waals surface area contributed by atoms with Gasteiger partial charge in [0, 0.05) is 19.6 Å². The first-order valence-corrected chi connectivity index (χ1v) is 9.64. The molecule has 9 heteroatoms. The number of nitrogens with one attached hydrogen (secondary N) is 1. The van der Waals surface area contributed by atoms with Crippen molar-refractivity contribution in [1.82, 2.24) is 9.03 Å². The van der Waals surface area contributed by atoms with Crippen LogP contribution < -0.4 is 9.86 Å². The quantitative estimate of drug-likeness (QED) is 0.751. The average Bonchev–Trinajstić information content (AvgIpc) is 2.92. The van der Waals surface area contributed by atoms with Crippen molar-refractivity contribution in [2.24, 2.45) is 5.14 Å². The van der Waals surface area contributed by atoms with Gasteiger partial charge in [0.05, 0.1) is 4.90 Å². The first kappa shape index (κ1) is 16.4. The van der Waals surface area contributed by atoms with Gasteiger partial charge in [0.15, 0.2) is 0 Å². The Morgan fingerprint density at radius 2 is 1.62 bits per heavy atom. The Morgan fingerprint density at radius 3 is 2.14 bits per heavy atom. The molecule has 0 bridgehead atoms. The zero-order valence-electron chi connectivity index (χ0n) is 11.5. The number of nitrogens with two attached hydrogens (primary N) is 1. The van der Waals surface area contributed by atoms with Crippen LogP contribution in [0.3, 0.4) is 0 Å². The van der Waals surface area contributed by atoms with Gasteiger partial charge in [-0.1, -0.05) is 12.1 Å². The Bertz CT molecular complexity index is 678. The number of rotatable bonds is 6. The minimum absolute atomic E-state index is 0.0453. The van der Waals surface area contributed by atoms with Gasteiger partial charge in [-0.15, -0.1) is 0 Å². The minimum Gasteiger partial charge on any atom is -0.225 e. The zero-order valence-corrected chi connectivity index (χ0v) is 13.2. The fourth-order valence-corrected chi connectivity index (χ4v) is 3.99. The minimum atomic E-state index is -3.69. The van der Waals surface area contributed by atoms with Crippen LogP contribution in [0.25, 0.3) is 0 Å². The summed E-state index contributed by atoms with van der Waals surface area (Å²) in [4.78, 5) is 0.0453. The van der Waals surface area contributed by atoms with Crippen LogP contribution in [0.1, 0.15) is 18.4 Å². The second-order valence-corrected chi connectivity index (χ2v) is 8.26. The molecule has 7 nitrogen and oxygen atoms in total. The fourth-order valence-electron chi connectivity index (χ4n) is 2.19. The van der Waals surface area contributed by atoms with E-state index in [1.807, 2.05) is 0 Å². The maximum atomic E-state index is 11.9. The lowest BCUT2D eigenvalue weighted by Crippen LogP contribution is -2.39. The molecule has 0 atom stereocenters. The Labute approximate surface area is 125 Å². The van der Waals surface area contributed by atoms with Gasteiger partial charge in [-0.05, 0) is 37.0 Å². The van der Waals surface area contributed by atoms with Crippen molar-refractivity contribution in [1.29, 1.82) is 0 Å². The van der Waals surface area contributed by atoms with Crippen LogP contribution in [0, 0.1) is 0 Å². The maximum absolute atomic E-state index is 11.9.